The van der Waals surface area contributed by atoms with Crippen LogP contribution < -0.4 is 4.74 Å². The van der Waals surface area contributed by atoms with Crippen molar-refractivity contribution < 1.29 is 9.15 Å². The van der Waals surface area contributed by atoms with Gasteiger partial charge in [-0.2, -0.15) is 5.10 Å². The molecule has 3 aromatic rings. The number of aromatic nitrogens is 2. The van der Waals surface area contributed by atoms with Crippen LogP contribution in [0.5, 0.6) is 11.7 Å². The Bertz CT molecular complexity index is 662. The van der Waals surface area contributed by atoms with Gasteiger partial charge >= 0.3 is 0 Å². The molecule has 0 unspecified atom stereocenters. The van der Waals surface area contributed by atoms with Crippen LogP contribution in [0, 0.1) is 0 Å². The van der Waals surface area contributed by atoms with Crippen molar-refractivity contribution in [2.24, 2.45) is 0 Å². The molecule has 3 rings (SSSR count). The zero-order valence-electron chi connectivity index (χ0n) is 11.8. The maximum Gasteiger partial charge on any atom is 0.290 e. The minimum atomic E-state index is 0.507. The van der Waals surface area contributed by atoms with Crippen molar-refractivity contribution in [1.29, 1.82) is 0 Å². The molecule has 1 aromatic carbocycles. The lowest BCUT2D eigenvalue weighted by Crippen LogP contribution is -2.16. The number of nitrogens with zero attached hydrogens (tertiary/aromatic N) is 2. The van der Waals surface area contributed by atoms with Gasteiger partial charge in [-0.25, -0.2) is 0 Å². The lowest BCUT2D eigenvalue weighted by Gasteiger charge is -2.13. The first-order valence-electron chi connectivity index (χ1n) is 6.77. The highest BCUT2D eigenvalue weighted by Crippen LogP contribution is 2.24. The molecule has 0 atom stereocenters. The molecule has 2 heterocycles. The quantitative estimate of drug-likeness (QED) is 0.753. The molecule has 0 aliphatic heterocycles. The molecule has 0 bridgehead atoms. The second-order valence-electron chi connectivity index (χ2n) is 4.91. The third-order valence-corrected chi connectivity index (χ3v) is 3.03. The fourth-order valence-electron chi connectivity index (χ4n) is 2.10. The number of rotatable bonds is 6. The Hall–Kier alpha value is -2.53. The number of nitrogens with one attached hydrogen (secondary N) is 1. The molecule has 5 heteroatoms. The number of H-pyrrole nitrogens is 1. The zero-order chi connectivity index (χ0) is 14.5. The molecule has 0 amide bonds. The van der Waals surface area contributed by atoms with Crippen molar-refractivity contribution >= 4 is 0 Å². The maximum atomic E-state index is 5.69. The first-order chi connectivity index (χ1) is 10.3. The van der Waals surface area contributed by atoms with E-state index in [2.05, 4.69) is 15.1 Å². The van der Waals surface area contributed by atoms with Gasteiger partial charge in [-0.1, -0.05) is 18.2 Å². The van der Waals surface area contributed by atoms with Gasteiger partial charge in [0, 0.05) is 24.4 Å². The van der Waals surface area contributed by atoms with Gasteiger partial charge in [0.25, 0.3) is 5.95 Å². The molecule has 0 aliphatic rings. The number of furan rings is 1. The molecular weight excluding hydrogens is 266 g/mol. The Morgan fingerprint density at radius 3 is 2.76 bits per heavy atom. The molecular formula is C16H17N3O2. The van der Waals surface area contributed by atoms with E-state index in [0.717, 1.165) is 23.6 Å². The SMILES string of the molecule is CN(Cc1cn[nH]c1)Cc1ccc(Oc2ccccc2)o1. The van der Waals surface area contributed by atoms with Crippen LogP contribution in [0.2, 0.25) is 0 Å². The standard InChI is InChI=1S/C16H17N3O2/c1-19(11-13-9-17-18-10-13)12-15-7-8-16(21-15)20-14-5-3-2-4-6-14/h2-10H,11-12H2,1H3,(H,17,18). The molecule has 2 aromatic heterocycles. The van der Waals surface area contributed by atoms with Crippen molar-refractivity contribution in [1.82, 2.24) is 15.1 Å². The molecule has 0 saturated heterocycles. The second kappa shape index (κ2) is 6.28. The molecule has 0 fully saturated rings. The van der Waals surface area contributed by atoms with Gasteiger partial charge in [-0.05, 0) is 25.2 Å². The van der Waals surface area contributed by atoms with Crippen LogP contribution in [-0.4, -0.2) is 22.1 Å². The smallest absolute Gasteiger partial charge is 0.290 e. The van der Waals surface area contributed by atoms with E-state index in [9.17, 15) is 0 Å². The van der Waals surface area contributed by atoms with Gasteiger partial charge in [-0.15, -0.1) is 0 Å². The number of aromatic amines is 1. The minimum Gasteiger partial charge on any atom is -0.429 e. The largest absolute Gasteiger partial charge is 0.429 e. The van der Waals surface area contributed by atoms with Crippen molar-refractivity contribution in [2.75, 3.05) is 7.05 Å². The van der Waals surface area contributed by atoms with E-state index in [1.807, 2.05) is 61.9 Å². The molecule has 21 heavy (non-hydrogen) atoms. The van der Waals surface area contributed by atoms with Crippen LogP contribution in [0.1, 0.15) is 11.3 Å². The van der Waals surface area contributed by atoms with E-state index in [4.69, 9.17) is 9.15 Å². The van der Waals surface area contributed by atoms with Gasteiger partial charge < -0.3 is 9.15 Å². The van der Waals surface area contributed by atoms with Crippen LogP contribution in [-0.2, 0) is 13.1 Å². The van der Waals surface area contributed by atoms with E-state index < -0.39 is 0 Å². The van der Waals surface area contributed by atoms with Crippen LogP contribution in [0.3, 0.4) is 0 Å². The van der Waals surface area contributed by atoms with Crippen molar-refractivity contribution in [3.05, 3.63) is 66.2 Å². The molecule has 0 spiro atoms. The van der Waals surface area contributed by atoms with E-state index in [1.165, 1.54) is 0 Å². The van der Waals surface area contributed by atoms with E-state index in [0.29, 0.717) is 12.5 Å². The van der Waals surface area contributed by atoms with Crippen molar-refractivity contribution in [2.45, 2.75) is 13.1 Å². The Kier molecular flexibility index (Phi) is 4.02. The Balaban J connectivity index is 1.57. The molecule has 108 valence electrons. The fraction of sp³-hybridized carbons (Fsp3) is 0.188. The first-order valence-corrected chi connectivity index (χ1v) is 6.77. The van der Waals surface area contributed by atoms with Gasteiger partial charge in [-0.3, -0.25) is 10.00 Å². The monoisotopic (exact) mass is 283 g/mol. The molecule has 0 aliphatic carbocycles. The summed E-state index contributed by atoms with van der Waals surface area (Å²) in [4.78, 5) is 2.15. The van der Waals surface area contributed by atoms with Crippen molar-refractivity contribution in [3.63, 3.8) is 0 Å². The molecule has 0 radical (unpaired) electrons. The van der Waals surface area contributed by atoms with Crippen LogP contribution in [0.25, 0.3) is 0 Å². The van der Waals surface area contributed by atoms with E-state index >= 15 is 0 Å². The molecule has 5 nitrogen and oxygen atoms in total. The third kappa shape index (κ3) is 3.73. The average Bonchev–Trinajstić information content (AvgIpc) is 3.12. The summed E-state index contributed by atoms with van der Waals surface area (Å²) in [5.74, 6) is 2.14. The molecule has 0 saturated carbocycles. The number of benzene rings is 1. The lowest BCUT2D eigenvalue weighted by atomic mass is 10.3. The highest BCUT2D eigenvalue weighted by atomic mass is 16.6. The van der Waals surface area contributed by atoms with Gasteiger partial charge in [0.2, 0.25) is 0 Å². The maximum absolute atomic E-state index is 5.69. The summed E-state index contributed by atoms with van der Waals surface area (Å²) < 4.78 is 11.3. The lowest BCUT2D eigenvalue weighted by molar-refractivity contribution is 0.266. The summed E-state index contributed by atoms with van der Waals surface area (Å²) in [6.45, 7) is 1.52. The normalized spacial score (nSPS) is 11.0. The number of hydrogen-bond donors (Lipinski definition) is 1. The van der Waals surface area contributed by atoms with Crippen molar-refractivity contribution in [3.8, 4) is 11.7 Å². The summed E-state index contributed by atoms with van der Waals surface area (Å²) in [5, 5.41) is 6.75. The molecule has 1 N–H and O–H groups in total. The number of para-hydroxylation sites is 1. The van der Waals surface area contributed by atoms with Gasteiger partial charge in [0.05, 0.1) is 12.7 Å². The summed E-state index contributed by atoms with van der Waals surface area (Å²) in [6.07, 6.45) is 3.71. The number of hydrogen-bond acceptors (Lipinski definition) is 4. The Labute approximate surface area is 123 Å². The summed E-state index contributed by atoms with van der Waals surface area (Å²) in [6, 6.07) is 13.4. The zero-order valence-corrected chi connectivity index (χ0v) is 11.8. The van der Waals surface area contributed by atoms with Crippen LogP contribution in [0.4, 0.5) is 0 Å². The predicted octanol–water partition coefficient (Wildman–Crippen LogP) is 3.43. The van der Waals surface area contributed by atoms with E-state index in [1.54, 1.807) is 0 Å². The predicted molar refractivity (Wildman–Crippen MR) is 79.0 cm³/mol. The minimum absolute atomic E-state index is 0.507. The second-order valence-corrected chi connectivity index (χ2v) is 4.91. The summed E-state index contributed by atoms with van der Waals surface area (Å²) >= 11 is 0. The average molecular weight is 283 g/mol. The number of ether oxygens (including phenoxy) is 1. The summed E-state index contributed by atoms with van der Waals surface area (Å²) in [5.41, 5.74) is 1.14. The van der Waals surface area contributed by atoms with E-state index in [-0.39, 0.29) is 0 Å². The van der Waals surface area contributed by atoms with Gasteiger partial charge in [0.15, 0.2) is 0 Å². The Morgan fingerprint density at radius 2 is 2.00 bits per heavy atom. The highest BCUT2D eigenvalue weighted by molar-refractivity contribution is 5.26. The summed E-state index contributed by atoms with van der Waals surface area (Å²) in [7, 11) is 2.03. The van der Waals surface area contributed by atoms with Gasteiger partial charge in [0.1, 0.15) is 11.5 Å². The fourth-order valence-corrected chi connectivity index (χ4v) is 2.10. The highest BCUT2D eigenvalue weighted by Gasteiger charge is 2.08. The Morgan fingerprint density at radius 1 is 1.14 bits per heavy atom. The van der Waals surface area contributed by atoms with Crippen LogP contribution in [0.15, 0.2) is 59.3 Å². The topological polar surface area (TPSA) is 54.3 Å². The van der Waals surface area contributed by atoms with Crippen LogP contribution >= 0.6 is 0 Å². The third-order valence-electron chi connectivity index (χ3n) is 3.03. The first kappa shape index (κ1) is 13.5.